The molecule has 0 radical (unpaired) electrons. The Balaban J connectivity index is 1.71. The van der Waals surface area contributed by atoms with Crippen LogP contribution < -0.4 is 0 Å². The molecule has 1 heterocycles. The van der Waals surface area contributed by atoms with Crippen LogP contribution in [0.1, 0.15) is 36.0 Å². The fourth-order valence-electron chi connectivity index (χ4n) is 4.14. The van der Waals surface area contributed by atoms with E-state index in [0.29, 0.717) is 5.56 Å². The normalized spacial score (nSPS) is 16.1. The monoisotopic (exact) mass is 465 g/mol. The molecule has 1 amide bonds. The number of hydrogen-bond acceptors (Lipinski definition) is 3. The fraction of sp³-hybridized carbons (Fsp3) is 0.185. The average Bonchev–Trinajstić information content (AvgIpc) is 2.81. The lowest BCUT2D eigenvalue weighted by Crippen LogP contribution is -2.38. The molecule has 0 aliphatic carbocycles. The Kier molecular flexibility index (Phi) is 6.82. The molecule has 1 aliphatic heterocycles. The topological polar surface area (TPSA) is 46.6 Å². The van der Waals surface area contributed by atoms with Gasteiger partial charge in [0, 0.05) is 24.1 Å². The molecule has 0 N–H and O–H groups in total. The van der Waals surface area contributed by atoms with Gasteiger partial charge in [-0.1, -0.05) is 48.5 Å². The van der Waals surface area contributed by atoms with Crippen molar-refractivity contribution in [1.82, 2.24) is 4.90 Å². The third-order valence-electron chi connectivity index (χ3n) is 5.82. The number of hydrogen-bond donors (Lipinski definition) is 0. The maximum absolute atomic E-state index is 14.7. The number of carbonyl (C=O) groups excluding carboxylic acids is 2. The van der Waals surface area contributed by atoms with Gasteiger partial charge in [-0.2, -0.15) is 0 Å². The Bertz CT molecular complexity index is 1260. The second-order valence-electron chi connectivity index (χ2n) is 8.09. The summed E-state index contributed by atoms with van der Waals surface area (Å²) in [6.45, 7) is 1.60. The van der Waals surface area contributed by atoms with E-state index in [1.807, 2.05) is 18.2 Å². The van der Waals surface area contributed by atoms with Crippen LogP contribution in [-0.2, 0) is 27.5 Å². The molecule has 0 fully saturated rings. The summed E-state index contributed by atoms with van der Waals surface area (Å²) in [6.07, 6.45) is -0.217. The van der Waals surface area contributed by atoms with Gasteiger partial charge in [0.25, 0.3) is 0 Å². The molecule has 0 spiro atoms. The summed E-state index contributed by atoms with van der Waals surface area (Å²) in [5.41, 5.74) is 1.73. The van der Waals surface area contributed by atoms with Gasteiger partial charge in [-0.25, -0.2) is 18.0 Å². The van der Waals surface area contributed by atoms with Gasteiger partial charge in [0.15, 0.2) is 0 Å². The van der Waals surface area contributed by atoms with Gasteiger partial charge in [-0.05, 0) is 41.8 Å². The minimum absolute atomic E-state index is 0.00703. The number of ether oxygens (including phenoxy) is 1. The Morgan fingerprint density at radius 1 is 0.941 bits per heavy atom. The molecule has 1 atom stereocenters. The van der Waals surface area contributed by atoms with Crippen molar-refractivity contribution in [2.24, 2.45) is 0 Å². The van der Waals surface area contributed by atoms with Crippen molar-refractivity contribution in [1.29, 1.82) is 0 Å². The fourth-order valence-corrected chi connectivity index (χ4v) is 4.14. The molecule has 4 nitrogen and oxygen atoms in total. The molecule has 34 heavy (non-hydrogen) atoms. The van der Waals surface area contributed by atoms with Crippen molar-refractivity contribution < 1.29 is 27.5 Å². The van der Waals surface area contributed by atoms with E-state index >= 15 is 0 Å². The number of amides is 1. The molecule has 3 aromatic rings. The lowest BCUT2D eigenvalue weighted by atomic mass is 9.83. The first kappa shape index (κ1) is 23.3. The highest BCUT2D eigenvalue weighted by atomic mass is 19.1. The maximum Gasteiger partial charge on any atom is 0.336 e. The van der Waals surface area contributed by atoms with E-state index in [4.69, 9.17) is 4.74 Å². The number of allylic oxidation sites excluding steroid dienone is 1. The number of halogens is 3. The largest absolute Gasteiger partial charge is 0.457 e. The highest BCUT2D eigenvalue weighted by molar-refractivity contribution is 5.95. The molecule has 0 aromatic heterocycles. The van der Waals surface area contributed by atoms with Gasteiger partial charge < -0.3 is 9.64 Å². The minimum Gasteiger partial charge on any atom is -0.457 e. The van der Waals surface area contributed by atoms with Crippen LogP contribution in [0.25, 0.3) is 0 Å². The predicted molar refractivity (Wildman–Crippen MR) is 120 cm³/mol. The van der Waals surface area contributed by atoms with Crippen LogP contribution in [0.2, 0.25) is 0 Å². The number of nitrogens with zero attached hydrogens (tertiary/aromatic N) is 1. The van der Waals surface area contributed by atoms with Crippen LogP contribution in [0.4, 0.5) is 13.2 Å². The summed E-state index contributed by atoms with van der Waals surface area (Å²) in [5.74, 6) is -4.07. The van der Waals surface area contributed by atoms with E-state index in [0.717, 1.165) is 17.7 Å². The average molecular weight is 465 g/mol. The van der Waals surface area contributed by atoms with E-state index in [9.17, 15) is 22.8 Å². The van der Waals surface area contributed by atoms with E-state index in [-0.39, 0.29) is 42.3 Å². The molecule has 4 rings (SSSR count). The minimum atomic E-state index is -0.944. The van der Waals surface area contributed by atoms with Gasteiger partial charge in [0.05, 0.1) is 12.1 Å². The molecule has 174 valence electrons. The molecule has 0 saturated heterocycles. The molecule has 1 aliphatic rings. The van der Waals surface area contributed by atoms with Crippen LogP contribution in [0.5, 0.6) is 0 Å². The van der Waals surface area contributed by atoms with Crippen molar-refractivity contribution >= 4 is 11.9 Å². The highest BCUT2D eigenvalue weighted by Crippen LogP contribution is 2.39. The van der Waals surface area contributed by atoms with E-state index in [1.165, 1.54) is 29.2 Å². The Morgan fingerprint density at radius 2 is 1.65 bits per heavy atom. The molecule has 3 aromatic carbocycles. The Hall–Kier alpha value is -3.87. The number of rotatable bonds is 6. The van der Waals surface area contributed by atoms with Crippen molar-refractivity contribution in [2.45, 2.75) is 32.4 Å². The zero-order valence-electron chi connectivity index (χ0n) is 18.4. The van der Waals surface area contributed by atoms with Crippen molar-refractivity contribution in [2.75, 3.05) is 0 Å². The highest BCUT2D eigenvalue weighted by Gasteiger charge is 2.38. The van der Waals surface area contributed by atoms with Crippen LogP contribution in [0, 0.1) is 17.5 Å². The molecular formula is C27H22F3NO3. The summed E-state index contributed by atoms with van der Waals surface area (Å²) in [4.78, 5) is 27.6. The lowest BCUT2D eigenvalue weighted by molar-refractivity contribution is -0.141. The van der Waals surface area contributed by atoms with Crippen molar-refractivity contribution in [3.63, 3.8) is 0 Å². The first-order valence-electron chi connectivity index (χ1n) is 10.7. The van der Waals surface area contributed by atoms with Gasteiger partial charge >= 0.3 is 5.97 Å². The van der Waals surface area contributed by atoms with Crippen LogP contribution in [0.15, 0.2) is 84.1 Å². The predicted octanol–water partition coefficient (Wildman–Crippen LogP) is 5.64. The first-order chi connectivity index (χ1) is 16.3. The van der Waals surface area contributed by atoms with E-state index < -0.39 is 29.3 Å². The second-order valence-corrected chi connectivity index (χ2v) is 8.09. The van der Waals surface area contributed by atoms with E-state index in [2.05, 4.69) is 0 Å². The standard InChI is InChI=1S/C27H22F3NO3/c1-17-26(27(33)34-16-18-6-3-2-4-7-18)23(22-11-10-21(29)13-24(22)30)14-25(32)31(17)15-19-8-5-9-20(28)12-19/h2-13,23H,14-16H2,1H3. The van der Waals surface area contributed by atoms with E-state index in [1.54, 1.807) is 25.1 Å². The second kappa shape index (κ2) is 9.95. The molecule has 0 saturated carbocycles. The van der Waals surface area contributed by atoms with Gasteiger partial charge in [-0.15, -0.1) is 0 Å². The SMILES string of the molecule is CC1=C(C(=O)OCc2ccccc2)C(c2ccc(F)cc2F)CC(=O)N1Cc1cccc(F)c1. The Morgan fingerprint density at radius 3 is 2.35 bits per heavy atom. The van der Waals surface area contributed by atoms with Crippen molar-refractivity contribution in [3.8, 4) is 0 Å². The van der Waals surface area contributed by atoms with Crippen LogP contribution >= 0.6 is 0 Å². The van der Waals surface area contributed by atoms with Crippen molar-refractivity contribution in [3.05, 3.63) is 118 Å². The summed E-state index contributed by atoms with van der Waals surface area (Å²) < 4.78 is 47.4. The van der Waals surface area contributed by atoms with Crippen LogP contribution in [0.3, 0.4) is 0 Å². The summed E-state index contributed by atoms with van der Waals surface area (Å²) in [5, 5.41) is 0. The zero-order valence-corrected chi connectivity index (χ0v) is 18.4. The van der Waals surface area contributed by atoms with Gasteiger partial charge in [0.1, 0.15) is 24.1 Å². The maximum atomic E-state index is 14.7. The quantitative estimate of drug-likeness (QED) is 0.443. The molecular weight excluding hydrogens is 443 g/mol. The molecule has 0 bridgehead atoms. The number of carbonyl (C=O) groups is 2. The molecule has 7 heteroatoms. The summed E-state index contributed by atoms with van der Waals surface area (Å²) >= 11 is 0. The molecule has 1 unspecified atom stereocenters. The third-order valence-corrected chi connectivity index (χ3v) is 5.82. The zero-order chi connectivity index (χ0) is 24.2. The number of benzene rings is 3. The smallest absolute Gasteiger partial charge is 0.336 e. The summed E-state index contributed by atoms with van der Waals surface area (Å²) in [6, 6.07) is 17.9. The Labute approximate surface area is 195 Å². The van der Waals surface area contributed by atoms with Gasteiger partial charge in [-0.3, -0.25) is 4.79 Å². The van der Waals surface area contributed by atoms with Gasteiger partial charge in [0.2, 0.25) is 5.91 Å². The third kappa shape index (κ3) is 5.03. The first-order valence-corrected chi connectivity index (χ1v) is 10.7. The number of esters is 1. The summed E-state index contributed by atoms with van der Waals surface area (Å²) in [7, 11) is 0. The van der Waals surface area contributed by atoms with Crippen LogP contribution in [-0.4, -0.2) is 16.8 Å². The lowest BCUT2D eigenvalue weighted by Gasteiger charge is -2.34.